The molecule has 0 saturated heterocycles. The standard InChI is InChI=1S/C14H17ClN6O9S2/c15-9-4-10-11(5-12(9)32(16,27)28)31-19-13(18-10)2-1-3-14(22)17-6-8(30-21(25)26)7-29-20(23)24/h4-5,8H,1-3,6-7H2,(H,17,22)(H,18,19)(H2,16,27,28)/t8-/m1/s1. The number of primary sulfonamides is 1. The summed E-state index contributed by atoms with van der Waals surface area (Å²) in [6.07, 6.45) is -0.607. The average Bonchev–Trinajstić information content (AvgIpc) is 2.68. The lowest BCUT2D eigenvalue weighted by molar-refractivity contribution is -0.789. The normalized spacial score (nSPS) is 13.8. The Morgan fingerprint density at radius 3 is 2.69 bits per heavy atom. The molecule has 0 bridgehead atoms. The lowest BCUT2D eigenvalue weighted by Crippen LogP contribution is -2.38. The van der Waals surface area contributed by atoms with E-state index in [9.17, 15) is 33.4 Å². The van der Waals surface area contributed by atoms with E-state index < -0.39 is 38.8 Å². The van der Waals surface area contributed by atoms with E-state index in [0.29, 0.717) is 29.3 Å². The fourth-order valence-electron chi connectivity index (χ4n) is 2.43. The number of halogens is 1. The molecule has 18 heteroatoms. The van der Waals surface area contributed by atoms with Crippen LogP contribution in [0.15, 0.2) is 26.9 Å². The fraction of sp³-hybridized carbons (Fsp3) is 0.429. The van der Waals surface area contributed by atoms with Gasteiger partial charge in [-0.2, -0.15) is 0 Å². The van der Waals surface area contributed by atoms with Crippen molar-refractivity contribution in [2.45, 2.75) is 35.2 Å². The molecule has 1 heterocycles. The fourth-order valence-corrected chi connectivity index (χ4v) is 4.35. The Labute approximate surface area is 190 Å². The summed E-state index contributed by atoms with van der Waals surface area (Å²) in [5.74, 6) is 0.0528. The minimum absolute atomic E-state index is 0.0324. The highest BCUT2D eigenvalue weighted by Gasteiger charge is 2.21. The van der Waals surface area contributed by atoms with E-state index in [-0.39, 0.29) is 22.9 Å². The second-order valence-corrected chi connectivity index (χ2v) is 8.97. The second-order valence-electron chi connectivity index (χ2n) is 6.19. The lowest BCUT2D eigenvalue weighted by Gasteiger charge is -2.18. The van der Waals surface area contributed by atoms with Crippen molar-refractivity contribution in [3.05, 3.63) is 37.4 Å². The molecule has 1 amide bonds. The molecule has 0 aromatic heterocycles. The molecule has 1 aromatic carbocycles. The first-order valence-corrected chi connectivity index (χ1v) is 11.4. The smallest absolute Gasteiger partial charge is 0.294 e. The third kappa shape index (κ3) is 7.98. The predicted molar refractivity (Wildman–Crippen MR) is 111 cm³/mol. The van der Waals surface area contributed by atoms with E-state index in [1.807, 2.05) is 0 Å². The van der Waals surface area contributed by atoms with Gasteiger partial charge in [0.2, 0.25) is 15.9 Å². The van der Waals surface area contributed by atoms with Crippen LogP contribution in [0.1, 0.15) is 19.3 Å². The topological polar surface area (TPSA) is 218 Å². The Morgan fingerprint density at radius 1 is 1.34 bits per heavy atom. The zero-order chi connectivity index (χ0) is 23.9. The van der Waals surface area contributed by atoms with Gasteiger partial charge in [0, 0.05) is 19.4 Å². The van der Waals surface area contributed by atoms with Gasteiger partial charge < -0.3 is 19.7 Å². The Balaban J connectivity index is 1.85. The van der Waals surface area contributed by atoms with Crippen molar-refractivity contribution in [3.63, 3.8) is 0 Å². The van der Waals surface area contributed by atoms with Crippen LogP contribution in [-0.2, 0) is 24.5 Å². The number of carbonyl (C=O) groups excluding carboxylic acids is 1. The largest absolute Gasteiger partial charge is 0.354 e. The molecule has 32 heavy (non-hydrogen) atoms. The molecule has 15 nitrogen and oxygen atoms in total. The number of nitrogens with two attached hydrogens (primary N) is 1. The quantitative estimate of drug-likeness (QED) is 0.201. The number of rotatable bonds is 12. The summed E-state index contributed by atoms with van der Waals surface area (Å²) >= 11 is 7.07. The van der Waals surface area contributed by atoms with E-state index in [4.69, 9.17) is 16.7 Å². The van der Waals surface area contributed by atoms with Gasteiger partial charge in [-0.3, -0.25) is 4.79 Å². The highest BCUT2D eigenvalue weighted by atomic mass is 35.5. The number of aliphatic imine (C=N–C) groups is 1. The molecule has 4 N–H and O–H groups in total. The first-order valence-electron chi connectivity index (χ1n) is 8.67. The molecule has 0 fully saturated rings. The van der Waals surface area contributed by atoms with Crippen molar-refractivity contribution in [2.75, 3.05) is 13.2 Å². The summed E-state index contributed by atoms with van der Waals surface area (Å²) in [6.45, 7) is -1.08. The molecule has 2 rings (SSSR count). The number of amides is 1. The lowest BCUT2D eigenvalue weighted by atomic mass is 10.2. The summed E-state index contributed by atoms with van der Waals surface area (Å²) in [5, 5.41) is 25.7. The van der Waals surface area contributed by atoms with E-state index in [1.54, 1.807) is 0 Å². The number of hydrogen-bond acceptors (Lipinski definition) is 12. The molecule has 1 aromatic rings. The summed E-state index contributed by atoms with van der Waals surface area (Å²) in [6, 6.07) is 2.68. The summed E-state index contributed by atoms with van der Waals surface area (Å²) in [5.41, 5.74) is 0.441. The summed E-state index contributed by atoms with van der Waals surface area (Å²) in [7, 11) is -3.98. The Bertz CT molecular complexity index is 1040. The monoisotopic (exact) mass is 512 g/mol. The molecule has 176 valence electrons. The number of fused-ring (bicyclic) bond motifs is 1. The SMILES string of the molecule is NS(=O)(=O)c1cc2c(cc1Cl)N=C(CCCC(=O)NC[C@H](CO[N+](=O)[O-])O[N+](=O)[O-])NS2. The molecular weight excluding hydrogens is 496 g/mol. The van der Waals surface area contributed by atoms with Gasteiger partial charge in [0.1, 0.15) is 23.4 Å². The molecule has 0 radical (unpaired) electrons. The minimum Gasteiger partial charge on any atom is -0.354 e. The van der Waals surface area contributed by atoms with E-state index in [2.05, 4.69) is 24.7 Å². The van der Waals surface area contributed by atoms with Crippen LogP contribution >= 0.6 is 23.5 Å². The van der Waals surface area contributed by atoms with E-state index in [1.165, 1.54) is 12.1 Å². The van der Waals surface area contributed by atoms with E-state index >= 15 is 0 Å². The molecule has 1 aliphatic rings. The molecule has 0 unspecified atom stereocenters. The minimum atomic E-state index is -3.98. The van der Waals surface area contributed by atoms with Crippen molar-refractivity contribution >= 4 is 51.0 Å². The Kier molecular flexibility index (Phi) is 8.81. The van der Waals surface area contributed by atoms with Crippen LogP contribution in [0.4, 0.5) is 5.69 Å². The highest BCUT2D eigenvalue weighted by molar-refractivity contribution is 7.98. The van der Waals surface area contributed by atoms with Gasteiger partial charge in [-0.15, -0.1) is 20.2 Å². The van der Waals surface area contributed by atoms with Gasteiger partial charge in [0.05, 0.1) is 15.6 Å². The Hall–Kier alpha value is -2.89. The third-order valence-electron chi connectivity index (χ3n) is 3.80. The van der Waals surface area contributed by atoms with Crippen LogP contribution in [0.25, 0.3) is 0 Å². The van der Waals surface area contributed by atoms with Crippen LogP contribution < -0.4 is 15.2 Å². The molecule has 0 saturated carbocycles. The highest BCUT2D eigenvalue weighted by Crippen LogP contribution is 2.37. The zero-order valence-corrected chi connectivity index (χ0v) is 18.4. The van der Waals surface area contributed by atoms with Crippen molar-refractivity contribution in [1.82, 2.24) is 10.0 Å². The van der Waals surface area contributed by atoms with Crippen molar-refractivity contribution < 1.29 is 33.1 Å². The maximum Gasteiger partial charge on any atom is 0.294 e. The number of benzene rings is 1. The van der Waals surface area contributed by atoms with Crippen LogP contribution in [0.5, 0.6) is 0 Å². The van der Waals surface area contributed by atoms with Crippen molar-refractivity contribution in [3.8, 4) is 0 Å². The molecule has 1 atom stereocenters. The van der Waals surface area contributed by atoms with Gasteiger partial charge in [-0.25, -0.2) is 18.5 Å². The third-order valence-corrected chi connectivity index (χ3v) is 6.06. The molecule has 0 aliphatic carbocycles. The maximum atomic E-state index is 11.9. The van der Waals surface area contributed by atoms with Gasteiger partial charge in [-0.05, 0) is 30.5 Å². The van der Waals surface area contributed by atoms with Crippen LogP contribution in [0, 0.1) is 20.2 Å². The van der Waals surface area contributed by atoms with Gasteiger partial charge in [-0.1, -0.05) is 11.6 Å². The molecular formula is C14H17ClN6O9S2. The van der Waals surface area contributed by atoms with Crippen LogP contribution in [0.3, 0.4) is 0 Å². The Morgan fingerprint density at radius 2 is 2.06 bits per heavy atom. The molecule has 1 aliphatic heterocycles. The van der Waals surface area contributed by atoms with E-state index in [0.717, 1.165) is 11.9 Å². The zero-order valence-electron chi connectivity index (χ0n) is 16.1. The first-order chi connectivity index (χ1) is 15.0. The molecule has 0 spiro atoms. The first kappa shape index (κ1) is 25.4. The number of carbonyl (C=O) groups is 1. The maximum absolute atomic E-state index is 11.9. The number of amidine groups is 1. The van der Waals surface area contributed by atoms with Gasteiger partial charge in [0.25, 0.3) is 10.2 Å². The number of hydrogen-bond donors (Lipinski definition) is 3. The van der Waals surface area contributed by atoms with Gasteiger partial charge >= 0.3 is 0 Å². The summed E-state index contributed by atoms with van der Waals surface area (Å²) in [4.78, 5) is 45.4. The average molecular weight is 513 g/mol. The van der Waals surface area contributed by atoms with Crippen molar-refractivity contribution in [1.29, 1.82) is 0 Å². The summed E-state index contributed by atoms with van der Waals surface area (Å²) < 4.78 is 26.0. The predicted octanol–water partition coefficient (Wildman–Crippen LogP) is 0.699. The van der Waals surface area contributed by atoms with Crippen LogP contribution in [0.2, 0.25) is 5.02 Å². The number of sulfonamides is 1. The number of nitrogens with one attached hydrogen (secondary N) is 2. The van der Waals surface area contributed by atoms with Crippen molar-refractivity contribution in [2.24, 2.45) is 10.1 Å². The van der Waals surface area contributed by atoms with Gasteiger partial charge in [0.15, 0.2) is 0 Å². The second kappa shape index (κ2) is 11.1. The van der Waals surface area contributed by atoms with Crippen LogP contribution in [-0.4, -0.2) is 49.6 Å². The number of nitrogens with zero attached hydrogens (tertiary/aromatic N) is 3.